The third-order valence-corrected chi connectivity index (χ3v) is 5.58. The molecule has 0 aromatic rings. The third kappa shape index (κ3) is 2.64. The standard InChI is InChI=1S/C19H28O/c1-2-3-4-5-6-7-8-9-16-13-17-14-10-11-15(12-14)18(17)19(16)20/h10-11,13-15,17-18H,2-9,12H2,1H3/t14-,15+,17+,18-/m1/s1. The first-order valence-electron chi connectivity index (χ1n) is 8.74. The van der Waals surface area contributed by atoms with Gasteiger partial charge >= 0.3 is 0 Å². The largest absolute Gasteiger partial charge is 0.294 e. The molecule has 0 amide bonds. The lowest BCUT2D eigenvalue weighted by Gasteiger charge is -2.17. The fourth-order valence-corrected chi connectivity index (χ4v) is 4.46. The lowest BCUT2D eigenvalue weighted by atomic mass is 9.85. The van der Waals surface area contributed by atoms with Crippen molar-refractivity contribution in [1.29, 1.82) is 0 Å². The molecule has 0 aliphatic heterocycles. The van der Waals surface area contributed by atoms with Crippen LogP contribution in [0.1, 0.15) is 64.7 Å². The van der Waals surface area contributed by atoms with E-state index >= 15 is 0 Å². The fourth-order valence-electron chi connectivity index (χ4n) is 4.46. The second-order valence-electron chi connectivity index (χ2n) is 6.98. The molecule has 3 aliphatic rings. The van der Waals surface area contributed by atoms with Crippen LogP contribution in [0.2, 0.25) is 0 Å². The zero-order valence-electron chi connectivity index (χ0n) is 12.8. The molecule has 3 aliphatic carbocycles. The van der Waals surface area contributed by atoms with Crippen LogP contribution >= 0.6 is 0 Å². The van der Waals surface area contributed by atoms with Crippen molar-refractivity contribution in [3.05, 3.63) is 23.8 Å². The zero-order chi connectivity index (χ0) is 13.9. The van der Waals surface area contributed by atoms with Crippen LogP contribution < -0.4 is 0 Å². The average molecular weight is 272 g/mol. The van der Waals surface area contributed by atoms with Crippen LogP contribution in [0.3, 0.4) is 0 Å². The summed E-state index contributed by atoms with van der Waals surface area (Å²) in [5.41, 5.74) is 1.17. The van der Waals surface area contributed by atoms with Crippen molar-refractivity contribution >= 4 is 5.78 Å². The van der Waals surface area contributed by atoms with E-state index in [1.807, 2.05) is 0 Å². The summed E-state index contributed by atoms with van der Waals surface area (Å²) >= 11 is 0. The summed E-state index contributed by atoms with van der Waals surface area (Å²) in [6, 6.07) is 0. The number of carbonyl (C=O) groups is 1. The van der Waals surface area contributed by atoms with Crippen molar-refractivity contribution in [1.82, 2.24) is 0 Å². The third-order valence-electron chi connectivity index (χ3n) is 5.58. The first-order valence-corrected chi connectivity index (χ1v) is 8.74. The first kappa shape index (κ1) is 14.1. The van der Waals surface area contributed by atoms with Crippen molar-refractivity contribution < 1.29 is 4.79 Å². The van der Waals surface area contributed by atoms with Crippen LogP contribution in [-0.4, -0.2) is 5.78 Å². The second kappa shape index (κ2) is 6.28. The molecule has 0 unspecified atom stereocenters. The van der Waals surface area contributed by atoms with Gasteiger partial charge in [-0.15, -0.1) is 0 Å². The molecule has 1 fully saturated rings. The molecule has 1 saturated carbocycles. The van der Waals surface area contributed by atoms with E-state index in [-0.39, 0.29) is 0 Å². The van der Waals surface area contributed by atoms with Crippen molar-refractivity contribution in [3.63, 3.8) is 0 Å². The molecule has 0 N–H and O–H groups in total. The van der Waals surface area contributed by atoms with E-state index in [0.29, 0.717) is 29.5 Å². The number of ketones is 1. The van der Waals surface area contributed by atoms with Crippen molar-refractivity contribution in [2.75, 3.05) is 0 Å². The first-order chi connectivity index (χ1) is 9.81. The summed E-state index contributed by atoms with van der Waals surface area (Å²) < 4.78 is 0. The Balaban J connectivity index is 1.39. The van der Waals surface area contributed by atoms with Gasteiger partial charge in [0.05, 0.1) is 0 Å². The molecule has 20 heavy (non-hydrogen) atoms. The lowest BCUT2D eigenvalue weighted by molar-refractivity contribution is -0.119. The van der Waals surface area contributed by atoms with Gasteiger partial charge in [0.2, 0.25) is 0 Å². The molecule has 4 atom stereocenters. The number of carbonyl (C=O) groups excluding carboxylic acids is 1. The SMILES string of the molecule is CCCCCCCCCC1=C[C@@H]2[C@H](C1=O)[C@H]1C=C[C@@H]2C1. The van der Waals surface area contributed by atoms with Gasteiger partial charge in [-0.2, -0.15) is 0 Å². The highest BCUT2D eigenvalue weighted by Crippen LogP contribution is 2.53. The smallest absolute Gasteiger partial charge is 0.162 e. The van der Waals surface area contributed by atoms with Crippen molar-refractivity contribution in [2.45, 2.75) is 64.7 Å². The summed E-state index contributed by atoms with van der Waals surface area (Å²) in [7, 11) is 0. The molecular formula is C19H28O. The van der Waals surface area contributed by atoms with Crippen molar-refractivity contribution in [2.24, 2.45) is 23.7 Å². The van der Waals surface area contributed by atoms with Crippen LogP contribution in [0.4, 0.5) is 0 Å². The van der Waals surface area contributed by atoms with E-state index in [9.17, 15) is 4.79 Å². The molecule has 2 bridgehead atoms. The summed E-state index contributed by atoms with van der Waals surface area (Å²) in [6.07, 6.45) is 18.6. The van der Waals surface area contributed by atoms with Gasteiger partial charge < -0.3 is 0 Å². The number of fused-ring (bicyclic) bond motifs is 5. The van der Waals surface area contributed by atoms with Crippen LogP contribution in [-0.2, 0) is 4.79 Å². The molecular weight excluding hydrogens is 244 g/mol. The Hall–Kier alpha value is -0.850. The molecule has 3 rings (SSSR count). The monoisotopic (exact) mass is 272 g/mol. The van der Waals surface area contributed by atoms with Gasteiger partial charge in [0.25, 0.3) is 0 Å². The Morgan fingerprint density at radius 3 is 2.45 bits per heavy atom. The predicted octanol–water partition coefficient (Wildman–Crippen LogP) is 5.07. The Morgan fingerprint density at radius 1 is 1.00 bits per heavy atom. The highest BCUT2D eigenvalue weighted by Gasteiger charge is 2.50. The van der Waals surface area contributed by atoms with E-state index in [4.69, 9.17) is 0 Å². The molecule has 0 aromatic carbocycles. The van der Waals surface area contributed by atoms with Gasteiger partial charge in [0, 0.05) is 5.92 Å². The van der Waals surface area contributed by atoms with Crippen LogP contribution in [0.15, 0.2) is 23.8 Å². The minimum Gasteiger partial charge on any atom is -0.294 e. The van der Waals surface area contributed by atoms with E-state index in [2.05, 4.69) is 25.2 Å². The van der Waals surface area contributed by atoms with E-state index in [0.717, 1.165) is 6.42 Å². The normalized spacial score (nSPS) is 33.9. The van der Waals surface area contributed by atoms with Crippen LogP contribution in [0, 0.1) is 23.7 Å². The van der Waals surface area contributed by atoms with Gasteiger partial charge in [0.15, 0.2) is 5.78 Å². The maximum atomic E-state index is 12.5. The van der Waals surface area contributed by atoms with Gasteiger partial charge in [-0.1, -0.05) is 63.7 Å². The highest BCUT2D eigenvalue weighted by molar-refractivity contribution is 6.00. The minimum atomic E-state index is 0.338. The van der Waals surface area contributed by atoms with Crippen LogP contribution in [0.25, 0.3) is 0 Å². The molecule has 1 heteroatoms. The number of unbranched alkanes of at least 4 members (excludes halogenated alkanes) is 6. The van der Waals surface area contributed by atoms with Gasteiger partial charge in [0.1, 0.15) is 0 Å². The number of Topliss-reactive ketones (excluding diaryl/α,β-unsaturated/α-hetero) is 1. The maximum Gasteiger partial charge on any atom is 0.162 e. The summed E-state index contributed by atoms with van der Waals surface area (Å²) in [5, 5.41) is 0. The molecule has 0 spiro atoms. The summed E-state index contributed by atoms with van der Waals surface area (Å²) in [6.45, 7) is 2.26. The Kier molecular flexibility index (Phi) is 4.43. The Labute approximate surface area is 123 Å². The molecule has 0 aromatic heterocycles. The molecule has 0 heterocycles. The fraction of sp³-hybridized carbons (Fsp3) is 0.737. The van der Waals surface area contributed by atoms with Crippen molar-refractivity contribution in [3.8, 4) is 0 Å². The second-order valence-corrected chi connectivity index (χ2v) is 6.98. The Morgan fingerprint density at radius 2 is 1.70 bits per heavy atom. The molecule has 110 valence electrons. The Bertz CT molecular complexity index is 417. The minimum absolute atomic E-state index is 0.338. The molecule has 0 radical (unpaired) electrons. The van der Waals surface area contributed by atoms with E-state index in [1.54, 1.807) is 0 Å². The number of hydrogen-bond donors (Lipinski definition) is 0. The number of hydrogen-bond acceptors (Lipinski definition) is 1. The number of rotatable bonds is 8. The zero-order valence-corrected chi connectivity index (χ0v) is 12.8. The number of allylic oxidation sites excluding steroid dienone is 4. The summed E-state index contributed by atoms with van der Waals surface area (Å²) in [4.78, 5) is 12.5. The quantitative estimate of drug-likeness (QED) is 0.445. The van der Waals surface area contributed by atoms with Gasteiger partial charge in [-0.25, -0.2) is 0 Å². The molecule has 1 nitrogen and oxygen atoms in total. The van der Waals surface area contributed by atoms with E-state index < -0.39 is 0 Å². The van der Waals surface area contributed by atoms with Gasteiger partial charge in [-0.3, -0.25) is 4.79 Å². The topological polar surface area (TPSA) is 17.1 Å². The lowest BCUT2D eigenvalue weighted by Crippen LogP contribution is -2.21. The van der Waals surface area contributed by atoms with E-state index in [1.165, 1.54) is 56.9 Å². The van der Waals surface area contributed by atoms with Gasteiger partial charge in [-0.05, 0) is 42.6 Å². The highest BCUT2D eigenvalue weighted by atomic mass is 16.1. The van der Waals surface area contributed by atoms with Crippen LogP contribution in [0.5, 0.6) is 0 Å². The summed E-state index contributed by atoms with van der Waals surface area (Å²) in [5.74, 6) is 2.65. The average Bonchev–Trinajstić information content (AvgIpc) is 3.12. The maximum absolute atomic E-state index is 12.5. The molecule has 0 saturated heterocycles. The predicted molar refractivity (Wildman–Crippen MR) is 83.4 cm³/mol.